The van der Waals surface area contributed by atoms with Crippen LogP contribution in [0.2, 0.25) is 0 Å². The van der Waals surface area contributed by atoms with Crippen LogP contribution in [0.1, 0.15) is 28.8 Å². The molecule has 3 heterocycles. The van der Waals surface area contributed by atoms with Crippen molar-refractivity contribution in [1.82, 2.24) is 4.98 Å². The summed E-state index contributed by atoms with van der Waals surface area (Å²) in [6.45, 7) is 6.72. The Bertz CT molecular complexity index is 920. The van der Waals surface area contributed by atoms with E-state index in [1.165, 1.54) is 24.7 Å². The van der Waals surface area contributed by atoms with E-state index in [9.17, 15) is 9.59 Å². The Balaban J connectivity index is 1.27. The van der Waals surface area contributed by atoms with Gasteiger partial charge in [-0.05, 0) is 55.7 Å². The minimum absolute atomic E-state index is 0.315. The van der Waals surface area contributed by atoms with Gasteiger partial charge in [-0.2, -0.15) is 0 Å². The van der Waals surface area contributed by atoms with Crippen molar-refractivity contribution in [2.24, 2.45) is 0 Å². The first-order chi connectivity index (χ1) is 15.1. The Hall–Kier alpha value is -3.13. The number of aryl methyl sites for hydroxylation is 1. The molecule has 1 aromatic carbocycles. The summed E-state index contributed by atoms with van der Waals surface area (Å²) in [6.07, 6.45) is 3.91. The number of carbonyl (C=O) groups excluding carboxylic acids is 2. The smallest absolute Gasteiger partial charge is 0.340 e. The number of hydrogen-bond acceptors (Lipinski definition) is 7. The van der Waals surface area contributed by atoms with Crippen LogP contribution in [0.15, 0.2) is 36.5 Å². The molecule has 2 aliphatic rings. The number of morpholine rings is 1. The number of amides is 1. The van der Waals surface area contributed by atoms with E-state index in [-0.39, 0.29) is 12.5 Å². The van der Waals surface area contributed by atoms with Gasteiger partial charge in [0.15, 0.2) is 6.61 Å². The zero-order valence-corrected chi connectivity index (χ0v) is 17.8. The van der Waals surface area contributed by atoms with Gasteiger partial charge in [-0.15, -0.1) is 0 Å². The van der Waals surface area contributed by atoms with Crippen LogP contribution in [0.5, 0.6) is 0 Å². The van der Waals surface area contributed by atoms with Crippen molar-refractivity contribution >= 4 is 29.1 Å². The van der Waals surface area contributed by atoms with Crippen LogP contribution in [-0.2, 0) is 14.3 Å². The van der Waals surface area contributed by atoms with Gasteiger partial charge in [-0.1, -0.05) is 0 Å². The van der Waals surface area contributed by atoms with E-state index in [2.05, 4.69) is 20.1 Å². The number of anilines is 3. The molecule has 0 bridgehead atoms. The summed E-state index contributed by atoms with van der Waals surface area (Å²) in [7, 11) is 0. The van der Waals surface area contributed by atoms with E-state index in [1.54, 1.807) is 12.1 Å². The summed E-state index contributed by atoms with van der Waals surface area (Å²) < 4.78 is 10.5. The molecule has 1 aromatic heterocycles. The number of rotatable bonds is 6. The Morgan fingerprint density at radius 3 is 2.52 bits per heavy atom. The first-order valence-corrected chi connectivity index (χ1v) is 10.7. The molecule has 2 aliphatic heterocycles. The Labute approximate surface area is 182 Å². The number of carbonyl (C=O) groups is 2. The molecular formula is C23H28N4O4. The predicted molar refractivity (Wildman–Crippen MR) is 119 cm³/mol. The van der Waals surface area contributed by atoms with E-state index >= 15 is 0 Å². The molecule has 4 rings (SSSR count). The Morgan fingerprint density at radius 2 is 1.84 bits per heavy atom. The minimum atomic E-state index is -0.572. The molecule has 0 saturated carbocycles. The molecule has 31 heavy (non-hydrogen) atoms. The molecule has 8 heteroatoms. The average Bonchev–Trinajstić information content (AvgIpc) is 3.33. The molecule has 0 radical (unpaired) electrons. The van der Waals surface area contributed by atoms with Gasteiger partial charge in [0.05, 0.1) is 18.8 Å². The minimum Gasteiger partial charge on any atom is -0.452 e. The van der Waals surface area contributed by atoms with Crippen LogP contribution in [0.4, 0.5) is 17.2 Å². The highest BCUT2D eigenvalue weighted by atomic mass is 16.5. The topological polar surface area (TPSA) is 84.0 Å². The van der Waals surface area contributed by atoms with Crippen molar-refractivity contribution in [3.63, 3.8) is 0 Å². The zero-order chi connectivity index (χ0) is 21.6. The Kier molecular flexibility index (Phi) is 6.66. The molecule has 0 aliphatic carbocycles. The number of benzene rings is 1. The SMILES string of the molecule is Cc1cc(NC(=O)COC(=O)c2ccc(N3CCOCC3)nc2)ccc1N1CCCC1. The van der Waals surface area contributed by atoms with E-state index in [1.807, 2.05) is 25.1 Å². The molecule has 0 spiro atoms. The van der Waals surface area contributed by atoms with Gasteiger partial charge in [-0.3, -0.25) is 4.79 Å². The van der Waals surface area contributed by atoms with E-state index in [0.717, 1.165) is 37.6 Å². The fourth-order valence-corrected chi connectivity index (χ4v) is 3.94. The summed E-state index contributed by atoms with van der Waals surface area (Å²) in [5, 5.41) is 2.79. The summed E-state index contributed by atoms with van der Waals surface area (Å²) in [4.78, 5) is 33.3. The van der Waals surface area contributed by atoms with Crippen LogP contribution < -0.4 is 15.1 Å². The molecule has 2 aromatic rings. The fourth-order valence-electron chi connectivity index (χ4n) is 3.94. The molecule has 0 unspecified atom stereocenters. The maximum atomic E-state index is 12.3. The third-order valence-electron chi connectivity index (χ3n) is 5.58. The normalized spacial score (nSPS) is 16.3. The molecule has 0 atom stereocenters. The van der Waals surface area contributed by atoms with Crippen LogP contribution >= 0.6 is 0 Å². The van der Waals surface area contributed by atoms with Gasteiger partial charge < -0.3 is 24.6 Å². The van der Waals surface area contributed by atoms with E-state index < -0.39 is 5.97 Å². The lowest BCUT2D eigenvalue weighted by Gasteiger charge is -2.27. The highest BCUT2D eigenvalue weighted by Crippen LogP contribution is 2.26. The van der Waals surface area contributed by atoms with Crippen molar-refractivity contribution < 1.29 is 19.1 Å². The number of aromatic nitrogens is 1. The van der Waals surface area contributed by atoms with E-state index in [0.29, 0.717) is 24.5 Å². The standard InChI is InChI=1S/C23H28N4O4/c1-17-14-19(5-6-20(17)26-8-2-3-9-26)25-22(28)16-31-23(29)18-4-7-21(24-15-18)27-10-12-30-13-11-27/h4-7,14-15H,2-3,8-13,16H2,1H3,(H,25,28). The summed E-state index contributed by atoms with van der Waals surface area (Å²) >= 11 is 0. The van der Waals surface area contributed by atoms with Gasteiger partial charge in [0, 0.05) is 43.8 Å². The van der Waals surface area contributed by atoms with E-state index in [4.69, 9.17) is 9.47 Å². The van der Waals surface area contributed by atoms with Crippen molar-refractivity contribution in [2.45, 2.75) is 19.8 Å². The summed E-state index contributed by atoms with van der Waals surface area (Å²) in [5.74, 6) is -0.151. The third kappa shape index (κ3) is 5.32. The predicted octanol–water partition coefficient (Wildman–Crippen LogP) is 2.62. The monoisotopic (exact) mass is 424 g/mol. The molecule has 2 fully saturated rings. The Morgan fingerprint density at radius 1 is 1.06 bits per heavy atom. The van der Waals surface area contributed by atoms with Crippen molar-refractivity contribution in [3.8, 4) is 0 Å². The first kappa shape index (κ1) is 21.1. The van der Waals surface area contributed by atoms with Gasteiger partial charge in [0.2, 0.25) is 0 Å². The molecule has 164 valence electrons. The van der Waals surface area contributed by atoms with Crippen molar-refractivity contribution in [3.05, 3.63) is 47.7 Å². The second kappa shape index (κ2) is 9.78. The molecule has 8 nitrogen and oxygen atoms in total. The number of esters is 1. The van der Waals surface area contributed by atoms with Gasteiger partial charge in [0.25, 0.3) is 5.91 Å². The van der Waals surface area contributed by atoms with Gasteiger partial charge in [0.1, 0.15) is 5.82 Å². The zero-order valence-electron chi connectivity index (χ0n) is 17.8. The number of pyridine rings is 1. The largest absolute Gasteiger partial charge is 0.452 e. The number of nitrogens with one attached hydrogen (secondary N) is 1. The fraction of sp³-hybridized carbons (Fsp3) is 0.435. The molecule has 2 saturated heterocycles. The molecule has 1 N–H and O–H groups in total. The average molecular weight is 425 g/mol. The number of hydrogen-bond donors (Lipinski definition) is 1. The summed E-state index contributed by atoms with van der Waals surface area (Å²) in [5.41, 5.74) is 3.33. The lowest BCUT2D eigenvalue weighted by atomic mass is 10.1. The second-order valence-corrected chi connectivity index (χ2v) is 7.82. The third-order valence-corrected chi connectivity index (χ3v) is 5.58. The molecular weight excluding hydrogens is 396 g/mol. The first-order valence-electron chi connectivity index (χ1n) is 10.7. The van der Waals surface area contributed by atoms with Crippen LogP contribution in [0, 0.1) is 6.92 Å². The summed E-state index contributed by atoms with van der Waals surface area (Å²) in [6, 6.07) is 9.31. The quantitative estimate of drug-likeness (QED) is 0.714. The maximum Gasteiger partial charge on any atom is 0.340 e. The highest BCUT2D eigenvalue weighted by molar-refractivity contribution is 5.95. The van der Waals surface area contributed by atoms with Crippen LogP contribution in [0.25, 0.3) is 0 Å². The van der Waals surface area contributed by atoms with Crippen LogP contribution in [-0.4, -0.2) is 62.9 Å². The van der Waals surface area contributed by atoms with Gasteiger partial charge >= 0.3 is 5.97 Å². The number of ether oxygens (including phenoxy) is 2. The lowest BCUT2D eigenvalue weighted by Crippen LogP contribution is -2.36. The van der Waals surface area contributed by atoms with Crippen molar-refractivity contribution in [1.29, 1.82) is 0 Å². The number of nitrogens with zero attached hydrogens (tertiary/aromatic N) is 3. The lowest BCUT2D eigenvalue weighted by molar-refractivity contribution is -0.119. The van der Waals surface area contributed by atoms with Crippen molar-refractivity contribution in [2.75, 3.05) is 61.1 Å². The molecule has 1 amide bonds. The second-order valence-electron chi connectivity index (χ2n) is 7.82. The maximum absolute atomic E-state index is 12.3. The highest BCUT2D eigenvalue weighted by Gasteiger charge is 2.16. The van der Waals surface area contributed by atoms with Crippen LogP contribution in [0.3, 0.4) is 0 Å². The van der Waals surface area contributed by atoms with Gasteiger partial charge in [-0.25, -0.2) is 9.78 Å².